The van der Waals surface area contributed by atoms with Crippen molar-refractivity contribution in [2.24, 2.45) is 0 Å². The fraction of sp³-hybridized carbons (Fsp3) is 0.421. The number of nitrogens with zero attached hydrogens (tertiary/aromatic N) is 3. The number of hydrogen-bond donors (Lipinski definition) is 1. The molecule has 0 unspecified atom stereocenters. The lowest BCUT2D eigenvalue weighted by Crippen LogP contribution is -2.38. The summed E-state index contributed by atoms with van der Waals surface area (Å²) in [6, 6.07) is 11.7. The molecule has 1 amide bonds. The minimum Gasteiger partial charge on any atom is -0.480 e. The summed E-state index contributed by atoms with van der Waals surface area (Å²) in [5.41, 5.74) is 1.57. The lowest BCUT2D eigenvalue weighted by atomic mass is 10.1. The van der Waals surface area contributed by atoms with E-state index in [1.54, 1.807) is 16.9 Å². The molecule has 1 aromatic carbocycles. The van der Waals surface area contributed by atoms with E-state index in [-0.39, 0.29) is 18.5 Å². The Hall–Kier alpha value is -2.63. The summed E-state index contributed by atoms with van der Waals surface area (Å²) in [4.78, 5) is 25.6. The Morgan fingerprint density at radius 3 is 2.56 bits per heavy atom. The maximum absolute atomic E-state index is 12.9. The zero-order valence-electron chi connectivity index (χ0n) is 14.2. The number of aliphatic carboxylic acids is 1. The fourth-order valence-electron chi connectivity index (χ4n) is 3.41. The van der Waals surface area contributed by atoms with Gasteiger partial charge in [0.2, 0.25) is 0 Å². The van der Waals surface area contributed by atoms with Crippen LogP contribution in [0.25, 0.3) is 0 Å². The number of carbonyl (C=O) groups is 2. The Labute approximate surface area is 147 Å². The third kappa shape index (κ3) is 4.26. The summed E-state index contributed by atoms with van der Waals surface area (Å²) >= 11 is 0. The minimum absolute atomic E-state index is 0.245. The predicted molar refractivity (Wildman–Crippen MR) is 93.4 cm³/mol. The second-order valence-electron chi connectivity index (χ2n) is 6.46. The second kappa shape index (κ2) is 7.96. The molecule has 2 aromatic rings. The fourth-order valence-corrected chi connectivity index (χ4v) is 3.41. The van der Waals surface area contributed by atoms with Gasteiger partial charge in [-0.25, -0.2) is 0 Å². The van der Waals surface area contributed by atoms with Gasteiger partial charge in [-0.1, -0.05) is 43.2 Å². The van der Waals surface area contributed by atoms with Gasteiger partial charge < -0.3 is 10.0 Å². The highest BCUT2D eigenvalue weighted by Crippen LogP contribution is 2.30. The minimum atomic E-state index is -1.01. The zero-order valence-corrected chi connectivity index (χ0v) is 14.2. The van der Waals surface area contributed by atoms with Gasteiger partial charge in [0.25, 0.3) is 5.91 Å². The van der Waals surface area contributed by atoms with E-state index >= 15 is 0 Å². The number of carboxylic acids is 1. The molecule has 0 atom stereocenters. The monoisotopic (exact) mass is 341 g/mol. The molecule has 25 heavy (non-hydrogen) atoms. The lowest BCUT2D eigenvalue weighted by molar-refractivity contribution is -0.137. The van der Waals surface area contributed by atoms with Gasteiger partial charge in [-0.3, -0.25) is 14.3 Å². The van der Waals surface area contributed by atoms with E-state index in [0.717, 1.165) is 31.2 Å². The molecule has 1 heterocycles. The highest BCUT2D eigenvalue weighted by Gasteiger charge is 2.26. The Morgan fingerprint density at radius 2 is 1.88 bits per heavy atom. The van der Waals surface area contributed by atoms with E-state index in [0.29, 0.717) is 18.7 Å². The van der Waals surface area contributed by atoms with Crippen LogP contribution >= 0.6 is 0 Å². The smallest absolute Gasteiger partial charge is 0.323 e. The second-order valence-corrected chi connectivity index (χ2v) is 6.46. The van der Waals surface area contributed by atoms with Crippen molar-refractivity contribution in [1.82, 2.24) is 14.7 Å². The van der Waals surface area contributed by atoms with Gasteiger partial charge in [-0.15, -0.1) is 0 Å². The van der Waals surface area contributed by atoms with Crippen LogP contribution in [0.1, 0.15) is 47.8 Å². The Kier molecular flexibility index (Phi) is 5.48. The van der Waals surface area contributed by atoms with Crippen molar-refractivity contribution in [3.05, 3.63) is 53.9 Å². The molecule has 3 rings (SSSR count). The molecule has 1 saturated carbocycles. The van der Waals surface area contributed by atoms with Gasteiger partial charge in [0.15, 0.2) is 0 Å². The molecular weight excluding hydrogens is 318 g/mol. The number of rotatable bonds is 7. The number of hydrogen-bond acceptors (Lipinski definition) is 3. The number of aromatic nitrogens is 2. The molecule has 0 bridgehead atoms. The molecule has 0 saturated heterocycles. The predicted octanol–water partition coefficient (Wildman–Crippen LogP) is 2.77. The summed E-state index contributed by atoms with van der Waals surface area (Å²) in [7, 11) is 0. The number of benzene rings is 1. The van der Waals surface area contributed by atoms with Crippen LogP contribution in [-0.2, 0) is 11.2 Å². The van der Waals surface area contributed by atoms with Crippen LogP contribution in [0.3, 0.4) is 0 Å². The van der Waals surface area contributed by atoms with Crippen LogP contribution < -0.4 is 0 Å². The molecule has 0 aliphatic heterocycles. The van der Waals surface area contributed by atoms with Crippen molar-refractivity contribution in [3.63, 3.8) is 0 Å². The van der Waals surface area contributed by atoms with Crippen molar-refractivity contribution in [2.45, 2.75) is 38.1 Å². The first-order chi connectivity index (χ1) is 12.1. The molecule has 1 fully saturated rings. The van der Waals surface area contributed by atoms with Crippen LogP contribution in [0, 0.1) is 0 Å². The van der Waals surface area contributed by atoms with Crippen LogP contribution in [0.5, 0.6) is 0 Å². The van der Waals surface area contributed by atoms with Crippen LogP contribution in [0.4, 0.5) is 0 Å². The molecule has 1 N–H and O–H groups in total. The summed E-state index contributed by atoms with van der Waals surface area (Å²) in [5.74, 6) is -1.27. The summed E-state index contributed by atoms with van der Waals surface area (Å²) in [6.45, 7) is 0.0620. The average Bonchev–Trinajstić information content (AvgIpc) is 3.29. The van der Waals surface area contributed by atoms with Crippen LogP contribution in [-0.4, -0.2) is 44.8 Å². The summed E-state index contributed by atoms with van der Waals surface area (Å²) in [5, 5.41) is 13.5. The quantitative estimate of drug-likeness (QED) is 0.840. The van der Waals surface area contributed by atoms with Gasteiger partial charge in [0.05, 0.1) is 6.04 Å². The van der Waals surface area contributed by atoms with Crippen molar-refractivity contribution < 1.29 is 14.7 Å². The molecule has 0 radical (unpaired) electrons. The first-order valence-corrected chi connectivity index (χ1v) is 8.73. The number of carboxylic acid groups (broad SMARTS) is 1. The molecule has 1 aliphatic rings. The van der Waals surface area contributed by atoms with E-state index < -0.39 is 5.97 Å². The summed E-state index contributed by atoms with van der Waals surface area (Å²) in [6.07, 6.45) is 6.57. The Balaban J connectivity index is 1.75. The highest BCUT2D eigenvalue weighted by atomic mass is 16.4. The van der Waals surface area contributed by atoms with Crippen LogP contribution in [0.2, 0.25) is 0 Å². The standard InChI is InChI=1S/C19H23N3O3/c23-18(24)14-21(13-11-15-6-2-1-3-7-15)19(25)17-10-12-20-22(17)16-8-4-5-9-16/h1-3,6-7,10,12,16H,4-5,8-9,11,13-14H2,(H,23,24). The SMILES string of the molecule is O=C(O)CN(CCc1ccccc1)C(=O)c1ccnn1C1CCCC1. The van der Waals surface area contributed by atoms with Gasteiger partial charge in [-0.2, -0.15) is 5.10 Å². The molecule has 132 valence electrons. The van der Waals surface area contributed by atoms with Crippen molar-refractivity contribution >= 4 is 11.9 Å². The number of amides is 1. The average molecular weight is 341 g/mol. The molecule has 6 nitrogen and oxygen atoms in total. The van der Waals surface area contributed by atoms with E-state index in [4.69, 9.17) is 0 Å². The van der Waals surface area contributed by atoms with E-state index in [1.807, 2.05) is 30.3 Å². The van der Waals surface area contributed by atoms with Crippen molar-refractivity contribution in [1.29, 1.82) is 0 Å². The van der Waals surface area contributed by atoms with Gasteiger partial charge in [0, 0.05) is 12.7 Å². The molecule has 6 heteroatoms. The molecule has 0 spiro atoms. The molecule has 1 aromatic heterocycles. The lowest BCUT2D eigenvalue weighted by Gasteiger charge is -2.22. The first kappa shape index (κ1) is 17.2. The maximum atomic E-state index is 12.9. The van der Waals surface area contributed by atoms with Crippen molar-refractivity contribution in [2.75, 3.05) is 13.1 Å². The van der Waals surface area contributed by atoms with Crippen molar-refractivity contribution in [3.8, 4) is 0 Å². The Bertz CT molecular complexity index is 721. The van der Waals surface area contributed by atoms with Gasteiger partial charge in [-0.05, 0) is 30.9 Å². The third-order valence-electron chi connectivity index (χ3n) is 4.69. The molecule has 1 aliphatic carbocycles. The van der Waals surface area contributed by atoms with Gasteiger partial charge >= 0.3 is 5.97 Å². The van der Waals surface area contributed by atoms with E-state index in [1.165, 1.54) is 4.90 Å². The van der Waals surface area contributed by atoms with Gasteiger partial charge in [0.1, 0.15) is 12.2 Å². The summed E-state index contributed by atoms with van der Waals surface area (Å²) < 4.78 is 1.78. The largest absolute Gasteiger partial charge is 0.480 e. The first-order valence-electron chi connectivity index (χ1n) is 8.73. The highest BCUT2D eigenvalue weighted by molar-refractivity contribution is 5.94. The van der Waals surface area contributed by atoms with E-state index in [2.05, 4.69) is 5.10 Å². The third-order valence-corrected chi connectivity index (χ3v) is 4.69. The maximum Gasteiger partial charge on any atom is 0.323 e. The Morgan fingerprint density at radius 1 is 1.16 bits per heavy atom. The normalized spacial score (nSPS) is 14.6. The zero-order chi connectivity index (χ0) is 17.6. The van der Waals surface area contributed by atoms with E-state index in [9.17, 15) is 14.7 Å². The van der Waals surface area contributed by atoms with Crippen LogP contribution in [0.15, 0.2) is 42.6 Å². The topological polar surface area (TPSA) is 75.4 Å². The molecular formula is C19H23N3O3. The number of carbonyl (C=O) groups excluding carboxylic acids is 1.